The number of ether oxygens (including phenoxy) is 3. The summed E-state index contributed by atoms with van der Waals surface area (Å²) < 4.78 is 16.8. The van der Waals surface area contributed by atoms with Crippen LogP contribution in [0.2, 0.25) is 0 Å². The molecular formula is C26H31NO5. The summed E-state index contributed by atoms with van der Waals surface area (Å²) in [4.78, 5) is 29.3. The maximum Gasteiger partial charge on any atom is 0.330 e. The lowest BCUT2D eigenvalue weighted by Gasteiger charge is -2.17. The highest BCUT2D eigenvalue weighted by molar-refractivity contribution is 5.83. The number of aromatic nitrogens is 1. The van der Waals surface area contributed by atoms with Crippen molar-refractivity contribution in [3.63, 3.8) is 0 Å². The van der Waals surface area contributed by atoms with Gasteiger partial charge >= 0.3 is 11.9 Å². The Morgan fingerprint density at radius 2 is 1.75 bits per heavy atom. The van der Waals surface area contributed by atoms with Crippen molar-refractivity contribution in [3.8, 4) is 11.6 Å². The van der Waals surface area contributed by atoms with Crippen molar-refractivity contribution >= 4 is 11.9 Å². The predicted molar refractivity (Wildman–Crippen MR) is 121 cm³/mol. The Morgan fingerprint density at radius 1 is 1.06 bits per heavy atom. The van der Waals surface area contributed by atoms with Gasteiger partial charge in [-0.2, -0.15) is 0 Å². The van der Waals surface area contributed by atoms with E-state index in [4.69, 9.17) is 14.2 Å². The van der Waals surface area contributed by atoms with E-state index in [0.29, 0.717) is 17.3 Å². The topological polar surface area (TPSA) is 74.7 Å². The van der Waals surface area contributed by atoms with Crippen molar-refractivity contribution in [2.75, 3.05) is 0 Å². The average Bonchev–Trinajstić information content (AvgIpc) is 3.26. The first-order valence-corrected chi connectivity index (χ1v) is 10.8. The summed E-state index contributed by atoms with van der Waals surface area (Å²) in [6.07, 6.45) is 2.62. The molecule has 1 unspecified atom stereocenters. The molecule has 0 spiro atoms. The molecule has 0 radical (unpaired) electrons. The van der Waals surface area contributed by atoms with E-state index in [9.17, 15) is 9.59 Å². The summed E-state index contributed by atoms with van der Waals surface area (Å²) in [5.41, 5.74) is -0.243. The average molecular weight is 438 g/mol. The molecule has 1 saturated carbocycles. The molecule has 1 aromatic carbocycles. The lowest BCUT2D eigenvalue weighted by Crippen LogP contribution is -2.22. The fourth-order valence-electron chi connectivity index (χ4n) is 3.64. The van der Waals surface area contributed by atoms with Gasteiger partial charge in [0.25, 0.3) is 0 Å². The molecule has 1 heterocycles. The summed E-state index contributed by atoms with van der Waals surface area (Å²) in [5.74, 6) is -0.0249. The normalized spacial score (nSPS) is 20.4. The van der Waals surface area contributed by atoms with E-state index >= 15 is 0 Å². The van der Waals surface area contributed by atoms with E-state index in [1.807, 2.05) is 71.0 Å². The van der Waals surface area contributed by atoms with Gasteiger partial charge in [-0.1, -0.05) is 44.2 Å². The number of para-hydroxylation sites is 1. The third kappa shape index (κ3) is 5.96. The number of nitrogens with zero attached hydrogens (tertiary/aromatic N) is 1. The molecule has 1 aromatic heterocycles. The third-order valence-electron chi connectivity index (χ3n) is 5.43. The summed E-state index contributed by atoms with van der Waals surface area (Å²) in [6.45, 7) is 11.2. The number of pyridine rings is 1. The van der Waals surface area contributed by atoms with Crippen LogP contribution < -0.4 is 4.74 Å². The minimum absolute atomic E-state index is 0.0876. The number of rotatable bonds is 7. The Morgan fingerprint density at radius 3 is 2.41 bits per heavy atom. The summed E-state index contributed by atoms with van der Waals surface area (Å²) in [6, 6.07) is 14.7. The summed E-state index contributed by atoms with van der Waals surface area (Å²) in [5, 5.41) is 0. The molecule has 6 nitrogen and oxygen atoms in total. The first-order valence-electron chi connectivity index (χ1n) is 10.8. The quantitative estimate of drug-likeness (QED) is 0.412. The van der Waals surface area contributed by atoms with Crippen molar-refractivity contribution in [2.24, 2.45) is 17.3 Å². The molecule has 1 aliphatic rings. The third-order valence-corrected chi connectivity index (χ3v) is 5.43. The fraction of sp³-hybridized carbons (Fsp3) is 0.423. The molecule has 1 aliphatic carbocycles. The van der Waals surface area contributed by atoms with Gasteiger partial charge in [0.05, 0.1) is 11.6 Å². The monoisotopic (exact) mass is 437 g/mol. The van der Waals surface area contributed by atoms with E-state index in [0.717, 1.165) is 0 Å². The van der Waals surface area contributed by atoms with Crippen LogP contribution in [0.4, 0.5) is 0 Å². The van der Waals surface area contributed by atoms with Crippen LogP contribution in [0.15, 0.2) is 60.7 Å². The number of esters is 2. The second-order valence-corrected chi connectivity index (χ2v) is 9.61. The lowest BCUT2D eigenvalue weighted by molar-refractivity contribution is -0.152. The van der Waals surface area contributed by atoms with E-state index < -0.39 is 17.7 Å². The molecule has 0 aliphatic heterocycles. The predicted octanol–water partition coefficient (Wildman–Crippen LogP) is 5.65. The molecule has 2 aromatic rings. The molecule has 0 saturated heterocycles. The van der Waals surface area contributed by atoms with Crippen LogP contribution >= 0.6 is 0 Å². The van der Waals surface area contributed by atoms with E-state index in [-0.39, 0.29) is 23.2 Å². The van der Waals surface area contributed by atoms with Crippen LogP contribution in [-0.2, 0) is 19.1 Å². The van der Waals surface area contributed by atoms with Crippen LogP contribution in [0, 0.1) is 17.3 Å². The largest absolute Gasteiger partial charge is 0.457 e. The van der Waals surface area contributed by atoms with Gasteiger partial charge < -0.3 is 14.2 Å². The molecule has 0 N–H and O–H groups in total. The van der Waals surface area contributed by atoms with Crippen LogP contribution in [-0.4, -0.2) is 22.5 Å². The Hall–Kier alpha value is -3.15. The first-order chi connectivity index (χ1) is 15.0. The zero-order chi connectivity index (χ0) is 23.5. The second-order valence-electron chi connectivity index (χ2n) is 9.61. The molecule has 3 rings (SSSR count). The summed E-state index contributed by atoms with van der Waals surface area (Å²) in [7, 11) is 0. The maximum atomic E-state index is 12.8. The number of allylic oxidation sites excluding steroid dienone is 1. The SMILES string of the molecule is CC(OC(=O)[C@@H]1[C@H](C=CC(=O)OC(C)(C)C)C1(C)C)c1cccc(Oc2ccccc2)n1. The zero-order valence-corrected chi connectivity index (χ0v) is 19.5. The van der Waals surface area contributed by atoms with Gasteiger partial charge in [0.1, 0.15) is 17.5 Å². The van der Waals surface area contributed by atoms with Crippen LogP contribution in [0.1, 0.15) is 53.3 Å². The van der Waals surface area contributed by atoms with E-state index in [2.05, 4.69) is 4.98 Å². The Labute approximate surface area is 189 Å². The van der Waals surface area contributed by atoms with Gasteiger partial charge in [0, 0.05) is 12.1 Å². The number of carbonyl (C=O) groups is 2. The lowest BCUT2D eigenvalue weighted by atomic mass is 10.1. The fourth-order valence-corrected chi connectivity index (χ4v) is 3.64. The van der Waals surface area contributed by atoms with Crippen molar-refractivity contribution in [1.82, 2.24) is 4.98 Å². The molecular weight excluding hydrogens is 406 g/mol. The van der Waals surface area contributed by atoms with Crippen LogP contribution in [0.25, 0.3) is 0 Å². The first kappa shape index (κ1) is 23.5. The second kappa shape index (κ2) is 9.15. The smallest absolute Gasteiger partial charge is 0.330 e. The molecule has 170 valence electrons. The van der Waals surface area contributed by atoms with Crippen molar-refractivity contribution < 1.29 is 23.8 Å². The Bertz CT molecular complexity index is 991. The Kier molecular flexibility index (Phi) is 6.72. The van der Waals surface area contributed by atoms with Gasteiger partial charge in [-0.3, -0.25) is 4.79 Å². The minimum Gasteiger partial charge on any atom is -0.457 e. The maximum absolute atomic E-state index is 12.8. The highest BCUT2D eigenvalue weighted by Gasteiger charge is 2.61. The standard InChI is InChI=1S/C26H31NO5/c1-17(20-13-10-14-21(27-20)31-18-11-8-7-9-12-18)30-24(29)23-19(26(23,5)6)15-16-22(28)32-25(2,3)4/h7-17,19,23H,1-6H3/t17?,19-,23-/m0/s1. The van der Waals surface area contributed by atoms with E-state index in [1.165, 1.54) is 6.08 Å². The molecule has 1 fully saturated rings. The van der Waals surface area contributed by atoms with Crippen LogP contribution in [0.5, 0.6) is 11.6 Å². The van der Waals surface area contributed by atoms with Gasteiger partial charge in [0.15, 0.2) is 0 Å². The number of hydrogen-bond acceptors (Lipinski definition) is 6. The van der Waals surface area contributed by atoms with Crippen molar-refractivity contribution in [3.05, 3.63) is 66.4 Å². The molecule has 3 atom stereocenters. The highest BCUT2D eigenvalue weighted by Crippen LogP contribution is 2.59. The van der Waals surface area contributed by atoms with E-state index in [1.54, 1.807) is 25.1 Å². The molecule has 32 heavy (non-hydrogen) atoms. The number of carbonyl (C=O) groups excluding carboxylic acids is 2. The van der Waals surface area contributed by atoms with Gasteiger partial charge in [-0.15, -0.1) is 0 Å². The van der Waals surface area contributed by atoms with Crippen molar-refractivity contribution in [1.29, 1.82) is 0 Å². The Balaban J connectivity index is 1.60. The number of benzene rings is 1. The molecule has 0 amide bonds. The summed E-state index contributed by atoms with van der Waals surface area (Å²) >= 11 is 0. The van der Waals surface area contributed by atoms with Crippen LogP contribution in [0.3, 0.4) is 0 Å². The minimum atomic E-state index is -0.556. The zero-order valence-electron chi connectivity index (χ0n) is 19.5. The van der Waals surface area contributed by atoms with Gasteiger partial charge in [-0.05, 0) is 57.2 Å². The van der Waals surface area contributed by atoms with Gasteiger partial charge in [0.2, 0.25) is 5.88 Å². The number of hydrogen-bond donors (Lipinski definition) is 0. The molecule has 6 heteroatoms. The molecule has 0 bridgehead atoms. The van der Waals surface area contributed by atoms with Gasteiger partial charge in [-0.25, -0.2) is 9.78 Å². The van der Waals surface area contributed by atoms with Crippen molar-refractivity contribution in [2.45, 2.75) is 53.2 Å². The highest BCUT2D eigenvalue weighted by atomic mass is 16.6.